The van der Waals surface area contributed by atoms with Crippen LogP contribution >= 0.6 is 0 Å². The maximum absolute atomic E-state index is 12.8. The molecular weight excluding hydrogens is 360 g/mol. The van der Waals surface area contributed by atoms with E-state index in [1.165, 1.54) is 4.90 Å². The lowest BCUT2D eigenvalue weighted by atomic mass is 10.2. The summed E-state index contributed by atoms with van der Waals surface area (Å²) in [5.74, 6) is 0.582. The van der Waals surface area contributed by atoms with Gasteiger partial charge < -0.3 is 19.1 Å². The molecule has 156 valence electrons. The van der Waals surface area contributed by atoms with Crippen LogP contribution in [0.15, 0.2) is 24.3 Å². The number of likely N-dealkylation sites (N-methyl/N-ethyl adjacent to an activating group) is 1. The van der Waals surface area contributed by atoms with Crippen molar-refractivity contribution in [3.05, 3.63) is 29.8 Å². The molecule has 0 saturated carbocycles. The molecule has 28 heavy (non-hydrogen) atoms. The van der Waals surface area contributed by atoms with Crippen molar-refractivity contribution in [1.29, 1.82) is 0 Å². The van der Waals surface area contributed by atoms with E-state index < -0.39 is 11.7 Å². The Kier molecular flexibility index (Phi) is 7.69. The first-order valence-electron chi connectivity index (χ1n) is 9.64. The lowest BCUT2D eigenvalue weighted by Crippen LogP contribution is -2.46. The number of carbonyl (C=O) groups excluding carboxylic acids is 2. The van der Waals surface area contributed by atoms with Gasteiger partial charge in [-0.1, -0.05) is 12.1 Å². The van der Waals surface area contributed by atoms with Crippen LogP contribution in [0.2, 0.25) is 0 Å². The number of amides is 2. The Labute approximate surface area is 167 Å². The Hall–Kier alpha value is -2.28. The van der Waals surface area contributed by atoms with Gasteiger partial charge >= 0.3 is 6.09 Å². The first-order valence-corrected chi connectivity index (χ1v) is 9.64. The average molecular weight is 392 g/mol. The van der Waals surface area contributed by atoms with Gasteiger partial charge in [0.25, 0.3) is 0 Å². The van der Waals surface area contributed by atoms with Crippen LogP contribution in [-0.2, 0) is 20.8 Å². The summed E-state index contributed by atoms with van der Waals surface area (Å²) in [6.07, 6.45) is 1.30. The van der Waals surface area contributed by atoms with Crippen molar-refractivity contribution in [3.8, 4) is 5.75 Å². The molecule has 0 bridgehead atoms. The highest BCUT2D eigenvalue weighted by Crippen LogP contribution is 2.17. The SMILES string of the molecule is COc1cccc(CN(C)C(=O)CN(C[C@@H]2CCCO2)C(=O)OC(C)(C)C)c1. The van der Waals surface area contributed by atoms with E-state index in [0.717, 1.165) is 24.2 Å². The molecule has 1 aliphatic heterocycles. The van der Waals surface area contributed by atoms with Crippen molar-refractivity contribution in [1.82, 2.24) is 9.80 Å². The van der Waals surface area contributed by atoms with E-state index in [9.17, 15) is 9.59 Å². The number of carbonyl (C=O) groups is 2. The van der Waals surface area contributed by atoms with E-state index in [2.05, 4.69) is 0 Å². The van der Waals surface area contributed by atoms with Crippen molar-refractivity contribution in [3.63, 3.8) is 0 Å². The molecule has 1 heterocycles. The van der Waals surface area contributed by atoms with Crippen LogP contribution in [0.3, 0.4) is 0 Å². The summed E-state index contributed by atoms with van der Waals surface area (Å²) in [6, 6.07) is 7.57. The quantitative estimate of drug-likeness (QED) is 0.713. The van der Waals surface area contributed by atoms with Gasteiger partial charge in [0.1, 0.15) is 17.9 Å². The summed E-state index contributed by atoms with van der Waals surface area (Å²) in [5, 5.41) is 0. The fourth-order valence-corrected chi connectivity index (χ4v) is 2.98. The smallest absolute Gasteiger partial charge is 0.410 e. The number of hydrogen-bond donors (Lipinski definition) is 0. The maximum atomic E-state index is 12.8. The Bertz CT molecular complexity index is 665. The predicted octanol–water partition coefficient (Wildman–Crippen LogP) is 3.07. The second-order valence-electron chi connectivity index (χ2n) is 8.10. The summed E-state index contributed by atoms with van der Waals surface area (Å²) >= 11 is 0. The fourth-order valence-electron chi connectivity index (χ4n) is 2.98. The molecule has 2 rings (SSSR count). The zero-order valence-electron chi connectivity index (χ0n) is 17.6. The second kappa shape index (κ2) is 9.78. The molecule has 1 fully saturated rings. The van der Waals surface area contributed by atoms with Crippen LogP contribution in [-0.4, -0.2) is 67.4 Å². The van der Waals surface area contributed by atoms with Gasteiger partial charge in [-0.05, 0) is 51.3 Å². The van der Waals surface area contributed by atoms with Crippen molar-refractivity contribution in [2.24, 2.45) is 0 Å². The molecule has 0 spiro atoms. The van der Waals surface area contributed by atoms with E-state index in [-0.39, 0.29) is 18.6 Å². The van der Waals surface area contributed by atoms with Crippen LogP contribution in [0, 0.1) is 0 Å². The molecule has 1 aliphatic rings. The van der Waals surface area contributed by atoms with Gasteiger partial charge in [0.2, 0.25) is 5.91 Å². The van der Waals surface area contributed by atoms with E-state index in [1.54, 1.807) is 19.1 Å². The third kappa shape index (κ3) is 7.03. The number of benzene rings is 1. The molecule has 7 heteroatoms. The first kappa shape index (κ1) is 22.0. The Morgan fingerprint density at radius 3 is 2.64 bits per heavy atom. The van der Waals surface area contributed by atoms with Gasteiger partial charge in [-0.3, -0.25) is 9.69 Å². The van der Waals surface area contributed by atoms with Crippen molar-refractivity contribution >= 4 is 12.0 Å². The molecule has 1 aromatic carbocycles. The van der Waals surface area contributed by atoms with Crippen LogP contribution in [0.1, 0.15) is 39.2 Å². The van der Waals surface area contributed by atoms with E-state index in [1.807, 2.05) is 45.0 Å². The largest absolute Gasteiger partial charge is 0.497 e. The van der Waals surface area contributed by atoms with Gasteiger partial charge in [-0.15, -0.1) is 0 Å². The summed E-state index contributed by atoms with van der Waals surface area (Å²) in [7, 11) is 3.33. The lowest BCUT2D eigenvalue weighted by Gasteiger charge is -2.30. The summed E-state index contributed by atoms with van der Waals surface area (Å²) in [4.78, 5) is 28.4. The molecule has 0 unspecified atom stereocenters. The first-order chi connectivity index (χ1) is 13.2. The lowest BCUT2D eigenvalue weighted by molar-refractivity contribution is -0.132. The minimum absolute atomic E-state index is 0.0464. The molecule has 0 aliphatic carbocycles. The predicted molar refractivity (Wildman–Crippen MR) is 106 cm³/mol. The second-order valence-corrected chi connectivity index (χ2v) is 8.10. The Balaban J connectivity index is 2.01. The van der Waals surface area contributed by atoms with Gasteiger partial charge in [0, 0.05) is 20.2 Å². The fraction of sp³-hybridized carbons (Fsp3) is 0.619. The average Bonchev–Trinajstić information content (AvgIpc) is 3.12. The number of methoxy groups -OCH3 is 1. The number of rotatable bonds is 7. The Morgan fingerprint density at radius 2 is 2.04 bits per heavy atom. The summed E-state index contributed by atoms with van der Waals surface area (Å²) in [5.41, 5.74) is 0.333. The molecule has 2 amide bonds. The third-order valence-corrected chi connectivity index (χ3v) is 4.41. The minimum Gasteiger partial charge on any atom is -0.497 e. The standard InChI is InChI=1S/C21H32N2O5/c1-21(2,3)28-20(25)23(14-18-10-7-11-27-18)15-19(24)22(4)13-16-8-6-9-17(12-16)26-5/h6,8-9,12,18H,7,10-11,13-15H2,1-5H3/t18-/m0/s1. The molecule has 0 N–H and O–H groups in total. The highest BCUT2D eigenvalue weighted by molar-refractivity contribution is 5.82. The monoisotopic (exact) mass is 392 g/mol. The van der Waals surface area contributed by atoms with Crippen LogP contribution in [0.4, 0.5) is 4.79 Å². The third-order valence-electron chi connectivity index (χ3n) is 4.41. The number of ether oxygens (including phenoxy) is 3. The van der Waals surface area contributed by atoms with Crippen molar-refractivity contribution in [2.75, 3.05) is 33.9 Å². The van der Waals surface area contributed by atoms with Gasteiger partial charge in [0.15, 0.2) is 0 Å². The topological polar surface area (TPSA) is 68.3 Å². The highest BCUT2D eigenvalue weighted by Gasteiger charge is 2.29. The highest BCUT2D eigenvalue weighted by atomic mass is 16.6. The van der Waals surface area contributed by atoms with Gasteiger partial charge in [-0.2, -0.15) is 0 Å². The van der Waals surface area contributed by atoms with E-state index in [0.29, 0.717) is 19.7 Å². The number of hydrogen-bond acceptors (Lipinski definition) is 5. The summed E-state index contributed by atoms with van der Waals surface area (Å²) < 4.78 is 16.3. The molecule has 1 saturated heterocycles. The molecule has 0 radical (unpaired) electrons. The maximum Gasteiger partial charge on any atom is 0.410 e. The van der Waals surface area contributed by atoms with Crippen molar-refractivity contribution in [2.45, 2.75) is 51.9 Å². The molecule has 1 aromatic rings. The zero-order chi connectivity index (χ0) is 20.7. The minimum atomic E-state index is -0.624. The van der Waals surface area contributed by atoms with E-state index >= 15 is 0 Å². The molecule has 7 nitrogen and oxygen atoms in total. The molecule has 1 atom stereocenters. The normalized spacial score (nSPS) is 16.5. The van der Waals surface area contributed by atoms with Gasteiger partial charge in [-0.25, -0.2) is 4.79 Å². The molecule has 0 aromatic heterocycles. The van der Waals surface area contributed by atoms with Crippen LogP contribution < -0.4 is 4.74 Å². The number of nitrogens with zero attached hydrogens (tertiary/aromatic N) is 2. The van der Waals surface area contributed by atoms with Crippen LogP contribution in [0.5, 0.6) is 5.75 Å². The summed E-state index contributed by atoms with van der Waals surface area (Å²) in [6.45, 7) is 6.86. The van der Waals surface area contributed by atoms with Crippen molar-refractivity contribution < 1.29 is 23.8 Å². The zero-order valence-corrected chi connectivity index (χ0v) is 17.6. The molecular formula is C21H32N2O5. The van der Waals surface area contributed by atoms with E-state index in [4.69, 9.17) is 14.2 Å². The van der Waals surface area contributed by atoms with Gasteiger partial charge in [0.05, 0.1) is 19.8 Å². The van der Waals surface area contributed by atoms with Crippen LogP contribution in [0.25, 0.3) is 0 Å². The Morgan fingerprint density at radius 1 is 1.29 bits per heavy atom.